The fourth-order valence-corrected chi connectivity index (χ4v) is 2.32. The summed E-state index contributed by atoms with van der Waals surface area (Å²) in [6.45, 7) is 4.63. The zero-order valence-electron chi connectivity index (χ0n) is 9.97. The van der Waals surface area contributed by atoms with Crippen LogP contribution in [0.2, 0.25) is 0 Å². The highest BCUT2D eigenvalue weighted by molar-refractivity contribution is 7.99. The van der Waals surface area contributed by atoms with Crippen LogP contribution in [0.25, 0.3) is 0 Å². The van der Waals surface area contributed by atoms with E-state index in [2.05, 4.69) is 42.0 Å². The van der Waals surface area contributed by atoms with Crippen molar-refractivity contribution in [1.82, 2.24) is 9.97 Å². The zero-order chi connectivity index (χ0) is 12.3. The third-order valence-corrected chi connectivity index (χ3v) is 3.53. The smallest absolute Gasteiger partial charge is 0.119 e. The van der Waals surface area contributed by atoms with E-state index in [-0.39, 0.29) is 0 Å². The normalized spacial score (nSPS) is 10.5. The molecule has 0 saturated carbocycles. The first-order chi connectivity index (χ1) is 8.19. The van der Waals surface area contributed by atoms with Gasteiger partial charge in [-0.1, -0.05) is 29.5 Å². The first kappa shape index (κ1) is 12.1. The second-order valence-corrected chi connectivity index (χ2v) is 4.98. The van der Waals surface area contributed by atoms with Crippen molar-refractivity contribution in [3.05, 3.63) is 47.4 Å². The van der Waals surface area contributed by atoms with Gasteiger partial charge in [-0.2, -0.15) is 0 Å². The van der Waals surface area contributed by atoms with Crippen LogP contribution >= 0.6 is 11.8 Å². The lowest BCUT2D eigenvalue weighted by Crippen LogP contribution is -2.00. The van der Waals surface area contributed by atoms with Gasteiger partial charge < -0.3 is 5.73 Å². The largest absolute Gasteiger partial charge is 0.325 e. The third kappa shape index (κ3) is 3.05. The van der Waals surface area contributed by atoms with Crippen LogP contribution in [0.1, 0.15) is 16.8 Å². The van der Waals surface area contributed by atoms with Crippen LogP contribution < -0.4 is 5.73 Å². The molecule has 0 aliphatic carbocycles. The monoisotopic (exact) mass is 245 g/mol. The molecule has 17 heavy (non-hydrogen) atoms. The number of nitrogens with zero attached hydrogens (tertiary/aromatic N) is 2. The molecule has 1 aromatic carbocycles. The summed E-state index contributed by atoms with van der Waals surface area (Å²) in [6, 6.07) is 6.40. The Morgan fingerprint density at radius 1 is 1.18 bits per heavy atom. The quantitative estimate of drug-likeness (QED) is 0.903. The van der Waals surface area contributed by atoms with Crippen LogP contribution in [0.3, 0.4) is 0 Å². The summed E-state index contributed by atoms with van der Waals surface area (Å²) in [5, 5.41) is 0.897. The van der Waals surface area contributed by atoms with Crippen molar-refractivity contribution in [2.45, 2.75) is 30.3 Å². The molecule has 0 aliphatic heterocycles. The highest BCUT2D eigenvalue weighted by atomic mass is 32.2. The van der Waals surface area contributed by atoms with Gasteiger partial charge in [0, 0.05) is 11.4 Å². The minimum Gasteiger partial charge on any atom is -0.325 e. The molecule has 0 aliphatic rings. The van der Waals surface area contributed by atoms with Gasteiger partial charge in [-0.05, 0) is 25.5 Å². The van der Waals surface area contributed by atoms with Gasteiger partial charge in [0.25, 0.3) is 0 Å². The van der Waals surface area contributed by atoms with E-state index in [4.69, 9.17) is 5.73 Å². The van der Waals surface area contributed by atoms with Crippen LogP contribution in [0, 0.1) is 13.8 Å². The van der Waals surface area contributed by atoms with Gasteiger partial charge in [-0.15, -0.1) is 0 Å². The Morgan fingerprint density at radius 2 is 2.00 bits per heavy atom. The van der Waals surface area contributed by atoms with Gasteiger partial charge in [0.15, 0.2) is 0 Å². The lowest BCUT2D eigenvalue weighted by Gasteiger charge is -2.05. The van der Waals surface area contributed by atoms with E-state index in [0.29, 0.717) is 6.54 Å². The molecule has 4 heteroatoms. The summed E-state index contributed by atoms with van der Waals surface area (Å²) in [7, 11) is 0. The Hall–Kier alpha value is -1.39. The topological polar surface area (TPSA) is 51.8 Å². The highest BCUT2D eigenvalue weighted by Gasteiger charge is 2.03. The minimum atomic E-state index is 0.432. The average molecular weight is 245 g/mol. The van der Waals surface area contributed by atoms with Crippen molar-refractivity contribution in [3.63, 3.8) is 0 Å². The molecule has 0 amide bonds. The van der Waals surface area contributed by atoms with Gasteiger partial charge >= 0.3 is 0 Å². The summed E-state index contributed by atoms with van der Waals surface area (Å²) < 4.78 is 0. The van der Waals surface area contributed by atoms with Crippen LogP contribution in [0.15, 0.2) is 40.5 Å². The Morgan fingerprint density at radius 3 is 2.59 bits per heavy atom. The van der Waals surface area contributed by atoms with Crippen molar-refractivity contribution in [3.8, 4) is 0 Å². The maximum absolute atomic E-state index is 5.48. The van der Waals surface area contributed by atoms with Crippen molar-refractivity contribution < 1.29 is 0 Å². The molecule has 0 bridgehead atoms. The van der Waals surface area contributed by atoms with E-state index in [9.17, 15) is 0 Å². The van der Waals surface area contributed by atoms with Gasteiger partial charge in [-0.25, -0.2) is 4.98 Å². The molecule has 2 aromatic rings. The molecule has 0 radical (unpaired) electrons. The molecule has 1 aromatic heterocycles. The zero-order valence-corrected chi connectivity index (χ0v) is 10.8. The number of hydrogen-bond acceptors (Lipinski definition) is 4. The van der Waals surface area contributed by atoms with Gasteiger partial charge in [0.05, 0.1) is 18.1 Å². The molecule has 2 N–H and O–H groups in total. The molecule has 0 saturated heterocycles. The Bertz CT molecular complexity index is 509. The minimum absolute atomic E-state index is 0.432. The molecular formula is C13H15N3S. The highest BCUT2D eigenvalue weighted by Crippen LogP contribution is 2.28. The Kier molecular flexibility index (Phi) is 3.76. The number of rotatable bonds is 3. The van der Waals surface area contributed by atoms with E-state index >= 15 is 0 Å². The van der Waals surface area contributed by atoms with Gasteiger partial charge in [-0.3, -0.25) is 4.98 Å². The van der Waals surface area contributed by atoms with Gasteiger partial charge in [0.1, 0.15) is 5.03 Å². The maximum Gasteiger partial charge on any atom is 0.119 e. The summed E-state index contributed by atoms with van der Waals surface area (Å²) in [5.74, 6) is 0. The fourth-order valence-electron chi connectivity index (χ4n) is 1.53. The SMILES string of the molecule is Cc1ccc(Sc2cnc(CN)cn2)c(C)c1. The van der Waals surface area contributed by atoms with Gasteiger partial charge in [0.2, 0.25) is 0 Å². The Labute approximate surface area is 105 Å². The summed E-state index contributed by atoms with van der Waals surface area (Å²) in [4.78, 5) is 9.77. The Balaban J connectivity index is 2.19. The summed E-state index contributed by atoms with van der Waals surface area (Å²) >= 11 is 1.63. The number of nitrogens with two attached hydrogens (primary N) is 1. The number of aromatic nitrogens is 2. The van der Waals surface area contributed by atoms with E-state index < -0.39 is 0 Å². The molecule has 0 spiro atoms. The molecule has 0 unspecified atom stereocenters. The van der Waals surface area contributed by atoms with Crippen molar-refractivity contribution in [2.24, 2.45) is 5.73 Å². The van der Waals surface area contributed by atoms with E-state index in [1.165, 1.54) is 16.0 Å². The lowest BCUT2D eigenvalue weighted by atomic mass is 10.2. The van der Waals surface area contributed by atoms with E-state index in [1.54, 1.807) is 24.2 Å². The predicted octanol–water partition coefficient (Wildman–Crippen LogP) is 2.70. The average Bonchev–Trinajstić information content (AvgIpc) is 2.34. The van der Waals surface area contributed by atoms with Crippen LogP contribution in [-0.2, 0) is 6.54 Å². The fraction of sp³-hybridized carbons (Fsp3) is 0.231. The van der Waals surface area contributed by atoms with E-state index in [1.807, 2.05) is 0 Å². The predicted molar refractivity (Wildman–Crippen MR) is 70.0 cm³/mol. The maximum atomic E-state index is 5.48. The van der Waals surface area contributed by atoms with Crippen LogP contribution in [0.5, 0.6) is 0 Å². The molecule has 1 heterocycles. The first-order valence-corrected chi connectivity index (χ1v) is 6.27. The lowest BCUT2D eigenvalue weighted by molar-refractivity contribution is 0.923. The van der Waals surface area contributed by atoms with Crippen molar-refractivity contribution in [2.75, 3.05) is 0 Å². The first-order valence-electron chi connectivity index (χ1n) is 5.45. The molecule has 0 atom stereocenters. The van der Waals surface area contributed by atoms with Crippen LogP contribution in [0.4, 0.5) is 0 Å². The molecule has 2 rings (SSSR count). The number of hydrogen-bond donors (Lipinski definition) is 1. The van der Waals surface area contributed by atoms with E-state index in [0.717, 1.165) is 10.7 Å². The van der Waals surface area contributed by atoms with Crippen LogP contribution in [-0.4, -0.2) is 9.97 Å². The van der Waals surface area contributed by atoms with Crippen molar-refractivity contribution in [1.29, 1.82) is 0 Å². The second kappa shape index (κ2) is 5.29. The van der Waals surface area contributed by atoms with Crippen molar-refractivity contribution >= 4 is 11.8 Å². The molecule has 3 nitrogen and oxygen atoms in total. The standard InChI is InChI=1S/C13H15N3S/c1-9-3-4-12(10(2)5-9)17-13-8-15-11(6-14)7-16-13/h3-5,7-8H,6,14H2,1-2H3. The molecule has 88 valence electrons. The number of benzene rings is 1. The molecular weight excluding hydrogens is 230 g/mol. The third-order valence-electron chi connectivity index (χ3n) is 2.44. The second-order valence-electron chi connectivity index (χ2n) is 3.92. The summed E-state index contributed by atoms with van der Waals surface area (Å²) in [6.07, 6.45) is 3.50. The summed E-state index contributed by atoms with van der Waals surface area (Å²) in [5.41, 5.74) is 8.84. The number of aryl methyl sites for hydroxylation is 2. The molecule has 0 fully saturated rings.